The van der Waals surface area contributed by atoms with E-state index in [-0.39, 0.29) is 36.7 Å². The molecule has 3 heterocycles. The van der Waals surface area contributed by atoms with Crippen molar-refractivity contribution in [3.8, 4) is 11.1 Å². The van der Waals surface area contributed by atoms with Crippen LogP contribution in [0.15, 0.2) is 36.5 Å². The second kappa shape index (κ2) is 8.60. The Bertz CT molecular complexity index is 1100. The molecular formula is C21H19F3N4O5. The number of halogens is 3. The fourth-order valence-corrected chi connectivity index (χ4v) is 3.60. The second-order valence-corrected chi connectivity index (χ2v) is 7.47. The number of alkyl halides is 2. The minimum atomic E-state index is -3.41. The highest BCUT2D eigenvalue weighted by Crippen LogP contribution is 2.33. The number of nitrogens with zero attached hydrogens (tertiary/aromatic N) is 3. The van der Waals surface area contributed by atoms with Crippen LogP contribution in [0.4, 0.5) is 34.3 Å². The molecule has 0 spiro atoms. The van der Waals surface area contributed by atoms with Crippen LogP contribution < -0.4 is 15.1 Å². The van der Waals surface area contributed by atoms with Crippen molar-refractivity contribution < 1.29 is 37.0 Å². The first-order valence-corrected chi connectivity index (χ1v) is 9.95. The molecular weight excluding hydrogens is 445 g/mol. The van der Waals surface area contributed by atoms with Gasteiger partial charge in [0.1, 0.15) is 17.7 Å². The molecule has 1 aromatic heterocycles. The molecule has 2 aromatic rings. The van der Waals surface area contributed by atoms with Gasteiger partial charge in [0.15, 0.2) is 0 Å². The van der Waals surface area contributed by atoms with E-state index < -0.39 is 42.4 Å². The number of aromatic nitrogens is 1. The Morgan fingerprint density at radius 2 is 2.06 bits per heavy atom. The van der Waals surface area contributed by atoms with Crippen LogP contribution in [0.5, 0.6) is 0 Å². The first-order valence-electron chi connectivity index (χ1n) is 9.95. The number of alkyl carbamates (subject to hydrolysis) is 1. The summed E-state index contributed by atoms with van der Waals surface area (Å²) in [6, 6.07) is 6.98. The summed E-state index contributed by atoms with van der Waals surface area (Å²) in [4.78, 5) is 41.2. The van der Waals surface area contributed by atoms with Gasteiger partial charge in [-0.25, -0.2) is 19.0 Å². The summed E-state index contributed by atoms with van der Waals surface area (Å²) in [5.41, 5.74) is 0.800. The Morgan fingerprint density at radius 1 is 1.27 bits per heavy atom. The van der Waals surface area contributed by atoms with Gasteiger partial charge < -0.3 is 14.8 Å². The minimum Gasteiger partial charge on any atom is -0.453 e. The van der Waals surface area contributed by atoms with Crippen molar-refractivity contribution in [2.24, 2.45) is 0 Å². The van der Waals surface area contributed by atoms with Crippen LogP contribution in [0.1, 0.15) is 6.42 Å². The van der Waals surface area contributed by atoms with Gasteiger partial charge in [0, 0.05) is 30.3 Å². The molecule has 12 heteroatoms. The molecule has 2 fully saturated rings. The number of anilines is 2. The number of pyridine rings is 1. The van der Waals surface area contributed by atoms with Gasteiger partial charge in [-0.2, -0.15) is 8.78 Å². The highest BCUT2D eigenvalue weighted by molar-refractivity contribution is 6.00. The van der Waals surface area contributed by atoms with E-state index in [2.05, 4.69) is 15.0 Å². The zero-order valence-electron chi connectivity index (χ0n) is 17.4. The Kier molecular flexibility index (Phi) is 5.83. The van der Waals surface area contributed by atoms with Crippen molar-refractivity contribution in [2.75, 3.05) is 36.5 Å². The highest BCUT2D eigenvalue weighted by Gasteiger charge is 2.48. The third-order valence-electron chi connectivity index (χ3n) is 5.34. The summed E-state index contributed by atoms with van der Waals surface area (Å²) in [5.74, 6) is -5.30. The standard InChI is InChI=1S/C21H19F3N4O5/c1-32-19(30)26-10-14-11-28(20(31)33-14)13-3-4-15(16(22)8-13)12-2-5-17(25-9-12)27-7-6-21(23,24)18(27)29/h2-5,8-9,14H,6-7,10-11H2,1H3,(H,26,30). The molecule has 1 unspecified atom stereocenters. The van der Waals surface area contributed by atoms with Crippen LogP contribution >= 0.6 is 0 Å². The number of hydrogen-bond acceptors (Lipinski definition) is 6. The molecule has 0 saturated carbocycles. The van der Waals surface area contributed by atoms with E-state index in [0.29, 0.717) is 5.56 Å². The van der Waals surface area contributed by atoms with Gasteiger partial charge in [-0.15, -0.1) is 0 Å². The number of benzene rings is 1. The largest absolute Gasteiger partial charge is 0.453 e. The van der Waals surface area contributed by atoms with E-state index in [4.69, 9.17) is 4.74 Å². The van der Waals surface area contributed by atoms with E-state index in [1.165, 1.54) is 42.5 Å². The average Bonchev–Trinajstić information content (AvgIpc) is 3.30. The topological polar surface area (TPSA) is 101 Å². The molecule has 1 atom stereocenters. The summed E-state index contributed by atoms with van der Waals surface area (Å²) < 4.78 is 51.4. The SMILES string of the molecule is COC(=O)NCC1CN(c2ccc(-c3ccc(N4CCC(F)(F)C4=O)nc3)c(F)c2)C(=O)O1. The van der Waals surface area contributed by atoms with Crippen LogP contribution in [0, 0.1) is 5.82 Å². The molecule has 9 nitrogen and oxygen atoms in total. The normalized spacial score (nSPS) is 19.6. The molecule has 0 bridgehead atoms. The van der Waals surface area contributed by atoms with Crippen molar-refractivity contribution in [1.29, 1.82) is 0 Å². The predicted octanol–water partition coefficient (Wildman–Crippen LogP) is 2.94. The van der Waals surface area contributed by atoms with Crippen LogP contribution in [0.2, 0.25) is 0 Å². The number of nitrogens with one attached hydrogen (secondary N) is 1. The molecule has 2 aliphatic rings. The van der Waals surface area contributed by atoms with Crippen LogP contribution in [-0.4, -0.2) is 61.8 Å². The van der Waals surface area contributed by atoms with Crippen molar-refractivity contribution in [1.82, 2.24) is 10.3 Å². The van der Waals surface area contributed by atoms with E-state index in [1.807, 2.05) is 0 Å². The van der Waals surface area contributed by atoms with E-state index in [9.17, 15) is 27.6 Å². The van der Waals surface area contributed by atoms with Crippen molar-refractivity contribution in [2.45, 2.75) is 18.4 Å². The number of methoxy groups -OCH3 is 1. The lowest BCUT2D eigenvalue weighted by atomic mass is 10.1. The molecule has 0 aliphatic carbocycles. The maximum atomic E-state index is 14.8. The van der Waals surface area contributed by atoms with Crippen LogP contribution in [-0.2, 0) is 14.3 Å². The number of cyclic esters (lactones) is 1. The molecule has 4 rings (SSSR count). The summed E-state index contributed by atoms with van der Waals surface area (Å²) in [6.07, 6.45) is -1.27. The average molecular weight is 464 g/mol. The van der Waals surface area contributed by atoms with Gasteiger partial charge in [-0.05, 0) is 30.3 Å². The minimum absolute atomic E-state index is 0.0406. The number of ether oxygens (including phenoxy) is 2. The summed E-state index contributed by atoms with van der Waals surface area (Å²) in [6.45, 7) is -0.00533. The molecule has 3 amide bonds. The monoisotopic (exact) mass is 464 g/mol. The van der Waals surface area contributed by atoms with Crippen molar-refractivity contribution >= 4 is 29.6 Å². The van der Waals surface area contributed by atoms with Crippen LogP contribution in [0.3, 0.4) is 0 Å². The quantitative estimate of drug-likeness (QED) is 0.730. The van der Waals surface area contributed by atoms with E-state index >= 15 is 0 Å². The number of carbonyl (C=O) groups is 3. The second-order valence-electron chi connectivity index (χ2n) is 7.47. The zero-order valence-corrected chi connectivity index (χ0v) is 17.4. The molecule has 33 heavy (non-hydrogen) atoms. The van der Waals surface area contributed by atoms with Gasteiger partial charge in [-0.3, -0.25) is 14.6 Å². The summed E-state index contributed by atoms with van der Waals surface area (Å²) in [5, 5.41) is 2.43. The smallest absolute Gasteiger partial charge is 0.414 e. The predicted molar refractivity (Wildman–Crippen MR) is 110 cm³/mol. The first-order chi connectivity index (χ1) is 15.7. The van der Waals surface area contributed by atoms with E-state index in [0.717, 1.165) is 11.0 Å². The fraction of sp³-hybridized carbons (Fsp3) is 0.333. The Morgan fingerprint density at radius 3 is 2.67 bits per heavy atom. The van der Waals surface area contributed by atoms with Crippen molar-refractivity contribution in [3.05, 3.63) is 42.3 Å². The van der Waals surface area contributed by atoms with Gasteiger partial charge in [0.2, 0.25) is 0 Å². The molecule has 0 radical (unpaired) electrons. The summed E-state index contributed by atoms with van der Waals surface area (Å²) in [7, 11) is 1.21. The lowest BCUT2D eigenvalue weighted by Crippen LogP contribution is -2.34. The Labute approximate surface area is 186 Å². The third-order valence-corrected chi connectivity index (χ3v) is 5.34. The molecule has 1 N–H and O–H groups in total. The fourth-order valence-electron chi connectivity index (χ4n) is 3.60. The summed E-state index contributed by atoms with van der Waals surface area (Å²) >= 11 is 0. The molecule has 2 saturated heterocycles. The van der Waals surface area contributed by atoms with E-state index in [1.54, 1.807) is 0 Å². The number of hydrogen-bond donors (Lipinski definition) is 1. The first kappa shape index (κ1) is 22.4. The maximum absolute atomic E-state index is 14.8. The Balaban J connectivity index is 1.46. The number of carbonyl (C=O) groups excluding carboxylic acids is 3. The maximum Gasteiger partial charge on any atom is 0.414 e. The zero-order chi connectivity index (χ0) is 23.8. The molecule has 174 valence electrons. The highest BCUT2D eigenvalue weighted by atomic mass is 19.3. The van der Waals surface area contributed by atoms with Gasteiger partial charge >= 0.3 is 18.1 Å². The van der Waals surface area contributed by atoms with Gasteiger partial charge in [0.05, 0.1) is 25.9 Å². The van der Waals surface area contributed by atoms with Gasteiger partial charge in [0.25, 0.3) is 5.91 Å². The van der Waals surface area contributed by atoms with Crippen LogP contribution in [0.25, 0.3) is 11.1 Å². The third kappa shape index (κ3) is 4.41. The number of rotatable bonds is 5. The lowest BCUT2D eigenvalue weighted by Gasteiger charge is -2.16. The molecule has 2 aliphatic heterocycles. The van der Waals surface area contributed by atoms with Crippen molar-refractivity contribution in [3.63, 3.8) is 0 Å². The lowest BCUT2D eigenvalue weighted by molar-refractivity contribution is -0.137. The van der Waals surface area contributed by atoms with Gasteiger partial charge in [-0.1, -0.05) is 0 Å². The number of amides is 3. The Hall–Kier alpha value is -3.83. The molecule has 1 aromatic carbocycles.